The van der Waals surface area contributed by atoms with Crippen LogP contribution in [-0.2, 0) is 9.59 Å². The van der Waals surface area contributed by atoms with Gasteiger partial charge in [0.15, 0.2) is 11.5 Å². The van der Waals surface area contributed by atoms with Gasteiger partial charge in [0.1, 0.15) is 0 Å². The minimum absolute atomic E-state index is 0.0720. The van der Waals surface area contributed by atoms with E-state index in [9.17, 15) is 9.59 Å². The molecule has 2 aliphatic rings. The highest BCUT2D eigenvalue weighted by atomic mass is 79.9. The lowest BCUT2D eigenvalue weighted by atomic mass is 10.1. The number of rotatable bonds is 4. The Morgan fingerprint density at radius 1 is 1.19 bits per heavy atom. The third-order valence-electron chi connectivity index (χ3n) is 4.42. The van der Waals surface area contributed by atoms with Crippen molar-refractivity contribution in [3.63, 3.8) is 0 Å². The first-order chi connectivity index (χ1) is 13.1. The lowest BCUT2D eigenvalue weighted by Gasteiger charge is -2.16. The fraction of sp³-hybridized carbons (Fsp3) is 0.211. The van der Waals surface area contributed by atoms with Crippen LogP contribution >= 0.6 is 15.9 Å². The molecule has 0 radical (unpaired) electrons. The number of carbonyl (C=O) groups is 2. The molecule has 2 aromatic carbocycles. The van der Waals surface area contributed by atoms with Crippen molar-refractivity contribution in [1.29, 1.82) is 0 Å². The first-order valence-corrected chi connectivity index (χ1v) is 9.18. The molecule has 2 aliphatic heterocycles. The van der Waals surface area contributed by atoms with Gasteiger partial charge in [0.25, 0.3) is 0 Å². The molecule has 2 heterocycles. The van der Waals surface area contributed by atoms with Crippen molar-refractivity contribution in [3.8, 4) is 11.5 Å². The van der Waals surface area contributed by atoms with Crippen molar-refractivity contribution in [2.75, 3.05) is 18.2 Å². The Bertz CT molecular complexity index is 914. The Balaban J connectivity index is 1.36. The second kappa shape index (κ2) is 7.40. The number of nitrogens with one attached hydrogen (secondary N) is 1. The van der Waals surface area contributed by atoms with Crippen LogP contribution < -0.4 is 19.8 Å². The van der Waals surface area contributed by atoms with Gasteiger partial charge in [-0.3, -0.25) is 9.59 Å². The van der Waals surface area contributed by atoms with Gasteiger partial charge in [0, 0.05) is 23.1 Å². The van der Waals surface area contributed by atoms with E-state index in [1.807, 2.05) is 30.3 Å². The SMILES string of the molecule is O=C(N/N=C\c1ccc2c(c1)OCO2)[C@@H]1CC(=O)N(c2ccc(Br)cc2)C1. The van der Waals surface area contributed by atoms with E-state index in [0.717, 1.165) is 15.7 Å². The van der Waals surface area contributed by atoms with Gasteiger partial charge in [-0.1, -0.05) is 15.9 Å². The second-order valence-corrected chi connectivity index (χ2v) is 7.14. The molecule has 27 heavy (non-hydrogen) atoms. The van der Waals surface area contributed by atoms with Crippen LogP contribution in [0.25, 0.3) is 0 Å². The monoisotopic (exact) mass is 429 g/mol. The van der Waals surface area contributed by atoms with Gasteiger partial charge >= 0.3 is 0 Å². The first-order valence-electron chi connectivity index (χ1n) is 8.38. The van der Waals surface area contributed by atoms with Gasteiger partial charge < -0.3 is 14.4 Å². The Labute approximate surface area is 164 Å². The second-order valence-electron chi connectivity index (χ2n) is 6.23. The van der Waals surface area contributed by atoms with Crippen LogP contribution in [0.15, 0.2) is 52.0 Å². The topological polar surface area (TPSA) is 80.2 Å². The number of hydrogen-bond donors (Lipinski definition) is 1. The van der Waals surface area contributed by atoms with E-state index >= 15 is 0 Å². The molecule has 1 N–H and O–H groups in total. The summed E-state index contributed by atoms with van der Waals surface area (Å²) in [6.45, 7) is 0.545. The number of ether oxygens (including phenoxy) is 2. The van der Waals surface area contributed by atoms with Crippen LogP contribution in [0.4, 0.5) is 5.69 Å². The average Bonchev–Trinajstić information content (AvgIpc) is 3.28. The normalized spacial score (nSPS) is 18.3. The number of amides is 2. The molecule has 4 rings (SSSR count). The summed E-state index contributed by atoms with van der Waals surface area (Å²) in [5.41, 5.74) is 4.07. The van der Waals surface area contributed by atoms with Crippen LogP contribution in [0.2, 0.25) is 0 Å². The van der Waals surface area contributed by atoms with Crippen molar-refractivity contribution < 1.29 is 19.1 Å². The Hall–Kier alpha value is -2.87. The van der Waals surface area contributed by atoms with Gasteiger partial charge in [-0.15, -0.1) is 0 Å². The maximum Gasteiger partial charge on any atom is 0.245 e. The third-order valence-corrected chi connectivity index (χ3v) is 4.95. The summed E-state index contributed by atoms with van der Waals surface area (Å²) in [5, 5.41) is 3.99. The molecule has 0 bridgehead atoms. The Morgan fingerprint density at radius 2 is 1.96 bits per heavy atom. The first kappa shape index (κ1) is 17.5. The molecule has 1 saturated heterocycles. The average molecular weight is 430 g/mol. The largest absolute Gasteiger partial charge is 0.454 e. The molecule has 0 spiro atoms. The number of hydrogen-bond acceptors (Lipinski definition) is 5. The lowest BCUT2D eigenvalue weighted by molar-refractivity contribution is -0.126. The van der Waals surface area contributed by atoms with E-state index in [1.54, 1.807) is 17.0 Å². The third kappa shape index (κ3) is 3.80. The molecule has 2 aromatic rings. The highest BCUT2D eigenvalue weighted by Crippen LogP contribution is 2.32. The number of nitrogens with zero attached hydrogens (tertiary/aromatic N) is 2. The van der Waals surface area contributed by atoms with E-state index in [-0.39, 0.29) is 25.0 Å². The molecule has 0 aliphatic carbocycles. The minimum atomic E-state index is -0.435. The molecule has 0 saturated carbocycles. The Morgan fingerprint density at radius 3 is 2.78 bits per heavy atom. The predicted octanol–water partition coefficient (Wildman–Crippen LogP) is 2.68. The van der Waals surface area contributed by atoms with Crippen LogP contribution in [-0.4, -0.2) is 31.4 Å². The zero-order valence-electron chi connectivity index (χ0n) is 14.2. The molecule has 7 nitrogen and oxygen atoms in total. The summed E-state index contributed by atoms with van der Waals surface area (Å²) < 4.78 is 11.5. The quantitative estimate of drug-likeness (QED) is 0.598. The number of fused-ring (bicyclic) bond motifs is 1. The van der Waals surface area contributed by atoms with Crippen molar-refractivity contribution >= 4 is 39.6 Å². The van der Waals surface area contributed by atoms with Gasteiger partial charge in [-0.2, -0.15) is 5.10 Å². The number of anilines is 1. The standard InChI is InChI=1S/C19H16BrN3O4/c20-14-2-4-15(5-3-14)23-10-13(8-18(23)24)19(25)22-21-9-12-1-6-16-17(7-12)27-11-26-16/h1-7,9,13H,8,10-11H2,(H,22,25)/b21-9-/t13-/m1/s1. The van der Waals surface area contributed by atoms with Crippen molar-refractivity contribution in [2.45, 2.75) is 6.42 Å². The van der Waals surface area contributed by atoms with E-state index in [1.165, 1.54) is 6.21 Å². The van der Waals surface area contributed by atoms with E-state index in [2.05, 4.69) is 26.5 Å². The zero-order chi connectivity index (χ0) is 18.8. The number of carbonyl (C=O) groups excluding carboxylic acids is 2. The van der Waals surface area contributed by atoms with Crippen molar-refractivity contribution in [1.82, 2.24) is 5.43 Å². The summed E-state index contributed by atoms with van der Waals surface area (Å²) in [6.07, 6.45) is 1.70. The summed E-state index contributed by atoms with van der Waals surface area (Å²) in [4.78, 5) is 26.2. The molecule has 2 amide bonds. The molecule has 1 atom stereocenters. The van der Waals surface area contributed by atoms with Crippen LogP contribution in [0, 0.1) is 5.92 Å². The Kier molecular flexibility index (Phi) is 4.81. The molecule has 0 aromatic heterocycles. The smallest absolute Gasteiger partial charge is 0.245 e. The number of hydrazone groups is 1. The van der Waals surface area contributed by atoms with Crippen molar-refractivity contribution in [3.05, 3.63) is 52.5 Å². The highest BCUT2D eigenvalue weighted by Gasteiger charge is 2.35. The fourth-order valence-corrected chi connectivity index (χ4v) is 3.27. The maximum absolute atomic E-state index is 12.3. The predicted molar refractivity (Wildman–Crippen MR) is 103 cm³/mol. The van der Waals surface area contributed by atoms with Crippen LogP contribution in [0.5, 0.6) is 11.5 Å². The summed E-state index contributed by atoms with van der Waals surface area (Å²) in [5.74, 6) is 0.553. The van der Waals surface area contributed by atoms with Gasteiger partial charge in [-0.05, 0) is 48.0 Å². The van der Waals surface area contributed by atoms with Crippen LogP contribution in [0.1, 0.15) is 12.0 Å². The highest BCUT2D eigenvalue weighted by molar-refractivity contribution is 9.10. The summed E-state index contributed by atoms with van der Waals surface area (Å²) >= 11 is 3.37. The summed E-state index contributed by atoms with van der Waals surface area (Å²) in [6, 6.07) is 12.8. The molecular weight excluding hydrogens is 414 g/mol. The van der Waals surface area contributed by atoms with E-state index in [4.69, 9.17) is 9.47 Å². The lowest BCUT2D eigenvalue weighted by Crippen LogP contribution is -2.30. The van der Waals surface area contributed by atoms with Gasteiger partial charge in [0.2, 0.25) is 18.6 Å². The maximum atomic E-state index is 12.3. The zero-order valence-corrected chi connectivity index (χ0v) is 15.8. The number of halogens is 1. The number of benzene rings is 2. The molecule has 8 heteroatoms. The van der Waals surface area contributed by atoms with Gasteiger partial charge in [-0.25, -0.2) is 5.43 Å². The van der Waals surface area contributed by atoms with Crippen LogP contribution in [0.3, 0.4) is 0 Å². The fourth-order valence-electron chi connectivity index (χ4n) is 3.01. The minimum Gasteiger partial charge on any atom is -0.454 e. The van der Waals surface area contributed by atoms with E-state index in [0.29, 0.717) is 18.0 Å². The molecule has 138 valence electrons. The van der Waals surface area contributed by atoms with E-state index < -0.39 is 5.92 Å². The molecular formula is C19H16BrN3O4. The van der Waals surface area contributed by atoms with Crippen molar-refractivity contribution in [2.24, 2.45) is 11.0 Å². The summed E-state index contributed by atoms with van der Waals surface area (Å²) in [7, 11) is 0. The molecule has 0 unspecified atom stereocenters. The van der Waals surface area contributed by atoms with Gasteiger partial charge in [0.05, 0.1) is 12.1 Å². The molecule has 1 fully saturated rings.